The number of fused-ring (bicyclic) bond motifs is 1. The van der Waals surface area contributed by atoms with E-state index in [0.29, 0.717) is 36.6 Å². The van der Waals surface area contributed by atoms with Crippen LogP contribution in [0, 0.1) is 5.92 Å². The Balaban J connectivity index is 1.84. The quantitative estimate of drug-likeness (QED) is 0.502. The van der Waals surface area contributed by atoms with E-state index in [-0.39, 0.29) is 31.0 Å². The zero-order valence-electron chi connectivity index (χ0n) is 22.0. The highest BCUT2D eigenvalue weighted by Gasteiger charge is 2.31. The second kappa shape index (κ2) is 13.1. The predicted molar refractivity (Wildman–Crippen MR) is 139 cm³/mol. The Hall–Kier alpha value is -3.11. The van der Waals surface area contributed by atoms with E-state index in [2.05, 4.69) is 10.2 Å². The number of nitrogens with zero attached hydrogens (tertiary/aromatic N) is 2. The maximum Gasteiger partial charge on any atom is 0.389 e. The lowest BCUT2D eigenvalue weighted by molar-refractivity contribution is -0.142. The first-order valence-electron chi connectivity index (χ1n) is 12.7. The summed E-state index contributed by atoms with van der Waals surface area (Å²) >= 11 is 0. The number of hydrogen-bond donors (Lipinski definition) is 2. The van der Waals surface area contributed by atoms with Gasteiger partial charge in [-0.15, -0.1) is 0 Å². The minimum absolute atomic E-state index is 0.0365. The van der Waals surface area contributed by atoms with E-state index in [1.165, 1.54) is 0 Å². The number of carbonyl (C=O) groups is 2. The van der Waals surface area contributed by atoms with Crippen LogP contribution >= 0.6 is 0 Å². The number of rotatable bonds is 9. The molecule has 0 unspecified atom stereocenters. The molecule has 1 aliphatic heterocycles. The predicted octanol–water partition coefficient (Wildman–Crippen LogP) is 4.25. The molecule has 1 aliphatic rings. The van der Waals surface area contributed by atoms with Crippen molar-refractivity contribution in [1.82, 2.24) is 9.80 Å². The second-order valence-electron chi connectivity index (χ2n) is 10.1. The Morgan fingerprint density at radius 3 is 2.61 bits per heavy atom. The van der Waals surface area contributed by atoms with Gasteiger partial charge in [-0.05, 0) is 37.7 Å². The summed E-state index contributed by atoms with van der Waals surface area (Å²) in [4.78, 5) is 29.1. The molecule has 1 heterocycles. The van der Waals surface area contributed by atoms with Crippen LogP contribution in [-0.4, -0.2) is 71.8 Å². The molecule has 0 aliphatic carbocycles. The summed E-state index contributed by atoms with van der Waals surface area (Å²) in [5.41, 5.74) is 1.96. The summed E-state index contributed by atoms with van der Waals surface area (Å²) in [6, 6.07) is 14.4. The summed E-state index contributed by atoms with van der Waals surface area (Å²) in [5.74, 6) is -0.557. The van der Waals surface area contributed by atoms with E-state index >= 15 is 0 Å². The van der Waals surface area contributed by atoms with E-state index in [0.717, 1.165) is 5.56 Å². The summed E-state index contributed by atoms with van der Waals surface area (Å²) in [7, 11) is 2.00. The Kier molecular flexibility index (Phi) is 10.2. The number of alkyl halides is 3. The van der Waals surface area contributed by atoms with Crippen molar-refractivity contribution in [2.45, 2.75) is 58.0 Å². The molecule has 0 saturated carbocycles. The third-order valence-electron chi connectivity index (χ3n) is 6.62. The van der Waals surface area contributed by atoms with Crippen molar-refractivity contribution < 1.29 is 32.6 Å². The number of likely N-dealkylation sites (N-methyl/N-ethyl adjacent to an activating group) is 1. The van der Waals surface area contributed by atoms with Crippen molar-refractivity contribution in [3.63, 3.8) is 0 Å². The fraction of sp³-hybridized carbons (Fsp3) is 0.500. The first kappa shape index (κ1) is 29.4. The van der Waals surface area contributed by atoms with Crippen molar-refractivity contribution in [1.29, 1.82) is 0 Å². The lowest BCUT2D eigenvalue weighted by atomic mass is 10.0. The summed E-state index contributed by atoms with van der Waals surface area (Å²) in [5, 5.41) is 12.3. The molecule has 2 aromatic carbocycles. The summed E-state index contributed by atoms with van der Waals surface area (Å²) in [6.45, 7) is 5.25. The molecule has 3 rings (SSSR count). The monoisotopic (exact) mass is 535 g/mol. The number of ether oxygens (including phenoxy) is 1. The van der Waals surface area contributed by atoms with E-state index < -0.39 is 31.0 Å². The van der Waals surface area contributed by atoms with Gasteiger partial charge in [-0.3, -0.25) is 14.5 Å². The van der Waals surface area contributed by atoms with Gasteiger partial charge in [-0.2, -0.15) is 13.2 Å². The van der Waals surface area contributed by atoms with Gasteiger partial charge < -0.3 is 20.1 Å². The molecule has 10 heteroatoms. The molecular weight excluding hydrogens is 499 g/mol. The van der Waals surface area contributed by atoms with Gasteiger partial charge in [0.15, 0.2) is 0 Å². The third-order valence-corrected chi connectivity index (χ3v) is 6.62. The minimum atomic E-state index is -4.42. The molecule has 3 atom stereocenters. The normalized spacial score (nSPS) is 19.2. The molecule has 2 amide bonds. The fourth-order valence-corrected chi connectivity index (χ4v) is 4.47. The van der Waals surface area contributed by atoms with Gasteiger partial charge >= 0.3 is 6.18 Å². The maximum absolute atomic E-state index is 13.3. The first-order valence-corrected chi connectivity index (χ1v) is 12.7. The maximum atomic E-state index is 13.3. The van der Waals surface area contributed by atoms with Crippen LogP contribution in [0.25, 0.3) is 0 Å². The molecule has 0 bridgehead atoms. The van der Waals surface area contributed by atoms with Gasteiger partial charge in [-0.1, -0.05) is 37.3 Å². The standard InChI is InChI=1S/C28H36F3N3O4/c1-19-15-34(20(2)18-35)27(37)14-22-13-23(32-26(36)11-12-28(29,30)31)9-10-24(22)38-25(19)17-33(3)16-21-7-5-4-6-8-21/h4-10,13,19-20,25,35H,11-12,14-18H2,1-3H3,(H,32,36)/t19-,20-,25+/m1/s1. The molecule has 0 fully saturated rings. The fourth-order valence-electron chi connectivity index (χ4n) is 4.47. The van der Waals surface area contributed by atoms with E-state index in [9.17, 15) is 27.9 Å². The van der Waals surface area contributed by atoms with Crippen LogP contribution in [0.2, 0.25) is 0 Å². The van der Waals surface area contributed by atoms with Crippen molar-refractivity contribution in [2.24, 2.45) is 5.92 Å². The number of aliphatic hydroxyl groups is 1. The highest BCUT2D eigenvalue weighted by molar-refractivity contribution is 5.91. The Labute approximate surface area is 221 Å². The average Bonchev–Trinajstić information content (AvgIpc) is 2.90. The summed E-state index contributed by atoms with van der Waals surface area (Å²) < 4.78 is 43.9. The van der Waals surface area contributed by atoms with Crippen LogP contribution in [0.4, 0.5) is 18.9 Å². The van der Waals surface area contributed by atoms with Gasteiger partial charge in [0, 0.05) is 43.2 Å². The molecule has 0 spiro atoms. The van der Waals surface area contributed by atoms with E-state index in [1.807, 2.05) is 44.3 Å². The highest BCUT2D eigenvalue weighted by atomic mass is 19.4. The average molecular weight is 536 g/mol. The third kappa shape index (κ3) is 8.73. The largest absolute Gasteiger partial charge is 0.488 e. The summed E-state index contributed by atoms with van der Waals surface area (Å²) in [6.07, 6.45) is -6.66. The van der Waals surface area contributed by atoms with Crippen molar-refractivity contribution in [3.05, 3.63) is 59.7 Å². The van der Waals surface area contributed by atoms with Crippen molar-refractivity contribution >= 4 is 17.5 Å². The second-order valence-corrected chi connectivity index (χ2v) is 10.1. The zero-order valence-corrected chi connectivity index (χ0v) is 22.0. The van der Waals surface area contributed by atoms with E-state index in [4.69, 9.17) is 4.74 Å². The molecule has 0 aromatic heterocycles. The molecule has 208 valence electrons. The highest BCUT2D eigenvalue weighted by Crippen LogP contribution is 2.30. The number of amides is 2. The molecule has 2 aromatic rings. The topological polar surface area (TPSA) is 82.1 Å². The van der Waals surface area contributed by atoms with E-state index in [1.54, 1.807) is 30.0 Å². The number of anilines is 1. The van der Waals surface area contributed by atoms with Gasteiger partial charge in [0.25, 0.3) is 0 Å². The van der Waals surface area contributed by atoms with Gasteiger partial charge in [-0.25, -0.2) is 0 Å². The van der Waals surface area contributed by atoms with Crippen LogP contribution in [0.3, 0.4) is 0 Å². The molecule has 7 nitrogen and oxygen atoms in total. The minimum Gasteiger partial charge on any atom is -0.488 e. The Morgan fingerprint density at radius 1 is 1.24 bits per heavy atom. The molecule has 0 radical (unpaired) electrons. The Morgan fingerprint density at radius 2 is 1.95 bits per heavy atom. The number of carbonyl (C=O) groups excluding carboxylic acids is 2. The van der Waals surface area contributed by atoms with Crippen LogP contribution in [0.5, 0.6) is 5.75 Å². The molecule has 2 N–H and O–H groups in total. The van der Waals surface area contributed by atoms with Crippen molar-refractivity contribution in [2.75, 3.05) is 32.1 Å². The van der Waals surface area contributed by atoms with Crippen LogP contribution in [0.15, 0.2) is 48.5 Å². The number of nitrogens with one attached hydrogen (secondary N) is 1. The van der Waals surface area contributed by atoms with Crippen LogP contribution < -0.4 is 10.1 Å². The lowest BCUT2D eigenvalue weighted by Crippen LogP contribution is -2.47. The number of aliphatic hydroxyl groups excluding tert-OH is 1. The Bertz CT molecular complexity index is 1080. The molecular formula is C28H36F3N3O4. The number of benzene rings is 2. The molecule has 38 heavy (non-hydrogen) atoms. The first-order chi connectivity index (χ1) is 17.9. The SMILES string of the molecule is C[C@@H]1CN([C@H](C)CO)C(=O)Cc2cc(NC(=O)CCC(F)(F)F)ccc2O[C@H]1CN(C)Cc1ccccc1. The van der Waals surface area contributed by atoms with Crippen LogP contribution in [-0.2, 0) is 22.6 Å². The molecule has 0 saturated heterocycles. The van der Waals surface area contributed by atoms with Crippen molar-refractivity contribution in [3.8, 4) is 5.75 Å². The smallest absolute Gasteiger partial charge is 0.389 e. The van der Waals surface area contributed by atoms with Crippen LogP contribution in [0.1, 0.15) is 37.8 Å². The number of halogens is 3. The zero-order chi connectivity index (χ0) is 27.9. The number of hydrogen-bond acceptors (Lipinski definition) is 5. The van der Waals surface area contributed by atoms with Gasteiger partial charge in [0.05, 0.1) is 25.5 Å². The van der Waals surface area contributed by atoms with Gasteiger partial charge in [0.1, 0.15) is 11.9 Å². The lowest BCUT2D eigenvalue weighted by Gasteiger charge is -2.34. The van der Waals surface area contributed by atoms with Gasteiger partial charge in [0.2, 0.25) is 11.8 Å².